The molecule has 2 rings (SSSR count). The third kappa shape index (κ3) is 4.48. The first-order chi connectivity index (χ1) is 9.15. The number of aliphatic hydroxyl groups excluding tert-OH is 1. The second-order valence-electron chi connectivity index (χ2n) is 5.24. The number of aryl methyl sites for hydroxylation is 1. The van der Waals surface area contributed by atoms with Crippen LogP contribution in [0.3, 0.4) is 0 Å². The van der Waals surface area contributed by atoms with Crippen molar-refractivity contribution in [1.29, 1.82) is 0 Å². The molecule has 0 saturated heterocycles. The lowest BCUT2D eigenvalue weighted by atomic mass is 10.2. The molecule has 1 aliphatic rings. The van der Waals surface area contributed by atoms with Crippen molar-refractivity contribution in [3.8, 4) is 0 Å². The average Bonchev–Trinajstić information content (AvgIpc) is 2.91. The molecule has 1 aliphatic carbocycles. The van der Waals surface area contributed by atoms with E-state index < -0.39 is 6.10 Å². The first-order valence-electron chi connectivity index (χ1n) is 6.95. The van der Waals surface area contributed by atoms with Crippen molar-refractivity contribution in [3.05, 3.63) is 29.6 Å². The average molecular weight is 267 g/mol. The topological polar surface area (TPSA) is 41.5 Å². The van der Waals surface area contributed by atoms with E-state index in [9.17, 15) is 9.50 Å². The van der Waals surface area contributed by atoms with Crippen molar-refractivity contribution in [3.63, 3.8) is 0 Å². The summed E-state index contributed by atoms with van der Waals surface area (Å²) in [4.78, 5) is 0. The molecule has 0 aliphatic heterocycles. The Morgan fingerprint density at radius 2 is 2.16 bits per heavy atom. The van der Waals surface area contributed by atoms with Crippen molar-refractivity contribution in [2.24, 2.45) is 0 Å². The van der Waals surface area contributed by atoms with Crippen LogP contribution in [0, 0.1) is 12.7 Å². The minimum atomic E-state index is -0.565. The second-order valence-corrected chi connectivity index (χ2v) is 5.24. The Hall–Kier alpha value is -1.13. The minimum Gasteiger partial charge on any atom is -0.389 e. The Morgan fingerprint density at radius 3 is 2.84 bits per heavy atom. The number of anilines is 1. The van der Waals surface area contributed by atoms with Gasteiger partial charge in [-0.2, -0.15) is 0 Å². The highest BCUT2D eigenvalue weighted by Crippen LogP contribution is 2.21. The molecule has 2 N–H and O–H groups in total. The number of rotatable bonds is 6. The van der Waals surface area contributed by atoms with E-state index >= 15 is 0 Å². The van der Waals surface area contributed by atoms with Crippen molar-refractivity contribution in [1.82, 2.24) is 0 Å². The summed E-state index contributed by atoms with van der Waals surface area (Å²) in [5.74, 6) is -0.235. The van der Waals surface area contributed by atoms with Gasteiger partial charge in [-0.15, -0.1) is 0 Å². The maximum atomic E-state index is 13.3. The van der Waals surface area contributed by atoms with E-state index in [2.05, 4.69) is 5.32 Å². The van der Waals surface area contributed by atoms with E-state index in [1.165, 1.54) is 18.9 Å². The predicted octanol–water partition coefficient (Wildman–Crippen LogP) is 2.87. The van der Waals surface area contributed by atoms with Crippen LogP contribution in [0.15, 0.2) is 18.2 Å². The number of aliphatic hydroxyl groups is 1. The number of nitrogens with one attached hydrogen (secondary N) is 1. The number of hydrogen-bond donors (Lipinski definition) is 2. The lowest BCUT2D eigenvalue weighted by molar-refractivity contribution is -0.00117. The van der Waals surface area contributed by atoms with Gasteiger partial charge in [-0.25, -0.2) is 4.39 Å². The van der Waals surface area contributed by atoms with Gasteiger partial charge in [0.2, 0.25) is 0 Å². The number of halogens is 1. The largest absolute Gasteiger partial charge is 0.389 e. The van der Waals surface area contributed by atoms with Gasteiger partial charge in [0.05, 0.1) is 18.8 Å². The first-order valence-corrected chi connectivity index (χ1v) is 6.95. The van der Waals surface area contributed by atoms with Gasteiger partial charge in [0.1, 0.15) is 5.82 Å². The van der Waals surface area contributed by atoms with E-state index in [4.69, 9.17) is 4.74 Å². The van der Waals surface area contributed by atoms with Crippen molar-refractivity contribution < 1.29 is 14.2 Å². The molecule has 1 unspecified atom stereocenters. The highest BCUT2D eigenvalue weighted by atomic mass is 19.1. The van der Waals surface area contributed by atoms with Gasteiger partial charge in [-0.3, -0.25) is 0 Å². The summed E-state index contributed by atoms with van der Waals surface area (Å²) < 4.78 is 19.0. The zero-order valence-corrected chi connectivity index (χ0v) is 11.4. The van der Waals surface area contributed by atoms with Crippen molar-refractivity contribution >= 4 is 5.69 Å². The van der Waals surface area contributed by atoms with E-state index in [1.54, 1.807) is 13.0 Å². The van der Waals surface area contributed by atoms with Crippen LogP contribution in [0.25, 0.3) is 0 Å². The summed E-state index contributed by atoms with van der Waals surface area (Å²) in [5.41, 5.74) is 1.30. The SMILES string of the molecule is Cc1ccc(NCC(O)COC2CCCC2)cc1F. The molecular formula is C15H22FNO2. The molecule has 4 heteroatoms. The number of benzene rings is 1. The molecule has 1 aromatic rings. The molecule has 106 valence electrons. The van der Waals surface area contributed by atoms with Crippen LogP contribution in [0.1, 0.15) is 31.2 Å². The van der Waals surface area contributed by atoms with Crippen LogP contribution in [0.5, 0.6) is 0 Å². The van der Waals surface area contributed by atoms with E-state index in [-0.39, 0.29) is 5.82 Å². The molecular weight excluding hydrogens is 245 g/mol. The number of ether oxygens (including phenoxy) is 1. The molecule has 1 fully saturated rings. The fourth-order valence-electron chi connectivity index (χ4n) is 2.30. The Balaban J connectivity index is 1.70. The maximum absolute atomic E-state index is 13.3. The van der Waals surface area contributed by atoms with Gasteiger partial charge < -0.3 is 15.2 Å². The minimum absolute atomic E-state index is 0.235. The van der Waals surface area contributed by atoms with E-state index in [0.717, 1.165) is 12.8 Å². The van der Waals surface area contributed by atoms with Crippen molar-refractivity contribution in [2.75, 3.05) is 18.5 Å². The molecule has 0 bridgehead atoms. The summed E-state index contributed by atoms with van der Waals surface area (Å²) in [6, 6.07) is 4.97. The highest BCUT2D eigenvalue weighted by molar-refractivity contribution is 5.45. The third-order valence-electron chi connectivity index (χ3n) is 3.54. The molecule has 0 radical (unpaired) electrons. The Morgan fingerprint density at radius 1 is 1.42 bits per heavy atom. The van der Waals surface area contributed by atoms with Crippen LogP contribution in [0.4, 0.5) is 10.1 Å². The van der Waals surface area contributed by atoms with E-state index in [0.29, 0.717) is 30.5 Å². The molecule has 0 aromatic heterocycles. The summed E-state index contributed by atoms with van der Waals surface area (Å²) in [5, 5.41) is 12.8. The molecule has 1 atom stereocenters. The first kappa shape index (κ1) is 14.3. The van der Waals surface area contributed by atoms with Crippen LogP contribution in [-0.4, -0.2) is 30.5 Å². The molecule has 0 spiro atoms. The maximum Gasteiger partial charge on any atom is 0.128 e. The second kappa shape index (κ2) is 6.87. The molecule has 3 nitrogen and oxygen atoms in total. The van der Waals surface area contributed by atoms with Gasteiger partial charge >= 0.3 is 0 Å². The van der Waals surface area contributed by atoms with Gasteiger partial charge in [0, 0.05) is 12.2 Å². The molecule has 0 heterocycles. The normalized spacial score (nSPS) is 17.6. The zero-order chi connectivity index (χ0) is 13.7. The lowest BCUT2D eigenvalue weighted by Gasteiger charge is -2.16. The van der Waals surface area contributed by atoms with E-state index in [1.807, 2.05) is 6.07 Å². The summed E-state index contributed by atoms with van der Waals surface area (Å²) in [7, 11) is 0. The summed E-state index contributed by atoms with van der Waals surface area (Å²) in [6.45, 7) is 2.44. The fraction of sp³-hybridized carbons (Fsp3) is 0.600. The molecule has 1 saturated carbocycles. The lowest BCUT2D eigenvalue weighted by Crippen LogP contribution is -2.27. The van der Waals surface area contributed by atoms with Crippen LogP contribution in [0.2, 0.25) is 0 Å². The molecule has 19 heavy (non-hydrogen) atoms. The monoisotopic (exact) mass is 267 g/mol. The Bertz CT molecular complexity index is 405. The van der Waals surface area contributed by atoms with Gasteiger partial charge in [-0.05, 0) is 37.5 Å². The fourth-order valence-corrected chi connectivity index (χ4v) is 2.30. The Labute approximate surface area is 113 Å². The van der Waals surface area contributed by atoms with Crippen molar-refractivity contribution in [2.45, 2.75) is 44.8 Å². The predicted molar refractivity (Wildman–Crippen MR) is 73.8 cm³/mol. The molecule has 1 aromatic carbocycles. The summed E-state index contributed by atoms with van der Waals surface area (Å²) >= 11 is 0. The highest BCUT2D eigenvalue weighted by Gasteiger charge is 2.16. The van der Waals surface area contributed by atoms with Gasteiger partial charge in [0.15, 0.2) is 0 Å². The molecule has 0 amide bonds. The third-order valence-corrected chi connectivity index (χ3v) is 3.54. The Kier molecular flexibility index (Phi) is 5.16. The van der Waals surface area contributed by atoms with Gasteiger partial charge in [0.25, 0.3) is 0 Å². The standard InChI is InChI=1S/C15H22FNO2/c1-11-6-7-12(8-15(11)16)17-9-13(18)10-19-14-4-2-3-5-14/h6-8,13-14,17-18H,2-5,9-10H2,1H3. The summed E-state index contributed by atoms with van der Waals surface area (Å²) in [6.07, 6.45) is 4.40. The number of hydrogen-bond acceptors (Lipinski definition) is 3. The smallest absolute Gasteiger partial charge is 0.128 e. The van der Waals surface area contributed by atoms with Crippen LogP contribution < -0.4 is 5.32 Å². The zero-order valence-electron chi connectivity index (χ0n) is 11.4. The quantitative estimate of drug-likeness (QED) is 0.832. The van der Waals surface area contributed by atoms with Gasteiger partial charge in [-0.1, -0.05) is 18.9 Å². The van der Waals surface area contributed by atoms with Crippen LogP contribution in [-0.2, 0) is 4.74 Å². The van der Waals surface area contributed by atoms with Crippen LogP contribution >= 0.6 is 0 Å².